The maximum atomic E-state index is 13.8. The first-order chi connectivity index (χ1) is 10.4. The third kappa shape index (κ3) is 3.68. The van der Waals surface area contributed by atoms with Gasteiger partial charge in [-0.2, -0.15) is 0 Å². The van der Waals surface area contributed by atoms with Crippen molar-refractivity contribution in [2.45, 2.75) is 26.0 Å². The summed E-state index contributed by atoms with van der Waals surface area (Å²) in [5, 5.41) is 12.7. The van der Waals surface area contributed by atoms with Crippen molar-refractivity contribution in [3.8, 4) is 0 Å². The Morgan fingerprint density at radius 3 is 2.36 bits per heavy atom. The molecule has 5 heteroatoms. The molecule has 22 heavy (non-hydrogen) atoms. The molecular weight excluding hydrogens is 288 g/mol. The second kappa shape index (κ2) is 6.66. The molecule has 0 radical (unpaired) electrons. The number of amides is 1. The lowest BCUT2D eigenvalue weighted by atomic mass is 10.0. The minimum Gasteiger partial charge on any atom is -0.386 e. The minimum atomic E-state index is -1.02. The Morgan fingerprint density at radius 2 is 1.77 bits per heavy atom. The average molecular weight is 305 g/mol. The summed E-state index contributed by atoms with van der Waals surface area (Å²) in [6, 6.07) is 8.99. The van der Waals surface area contributed by atoms with Crippen molar-refractivity contribution in [3.63, 3.8) is 0 Å². The number of carbonyl (C=O) groups is 1. The fourth-order valence-electron chi connectivity index (χ4n) is 2.12. The summed E-state index contributed by atoms with van der Waals surface area (Å²) in [6.07, 6.45) is -1.02. The van der Waals surface area contributed by atoms with Gasteiger partial charge in [0.1, 0.15) is 11.6 Å². The number of aliphatic hydroxyl groups is 1. The molecule has 0 aliphatic rings. The molecule has 0 fully saturated rings. The third-order valence-electron chi connectivity index (χ3n) is 3.41. The van der Waals surface area contributed by atoms with Gasteiger partial charge in [0.15, 0.2) is 0 Å². The number of benzene rings is 2. The molecule has 0 spiro atoms. The number of hydrogen-bond acceptors (Lipinski definition) is 2. The summed E-state index contributed by atoms with van der Waals surface area (Å²) in [5.74, 6) is -1.62. The maximum absolute atomic E-state index is 13.8. The van der Waals surface area contributed by atoms with Crippen LogP contribution in [0.4, 0.5) is 8.78 Å². The smallest absolute Gasteiger partial charge is 0.254 e. The van der Waals surface area contributed by atoms with Gasteiger partial charge in [-0.25, -0.2) is 8.78 Å². The summed E-state index contributed by atoms with van der Waals surface area (Å²) < 4.78 is 26.6. The lowest BCUT2D eigenvalue weighted by Gasteiger charge is -2.21. The van der Waals surface area contributed by atoms with E-state index in [9.17, 15) is 18.7 Å². The van der Waals surface area contributed by atoms with Gasteiger partial charge >= 0.3 is 0 Å². The summed E-state index contributed by atoms with van der Waals surface area (Å²) in [6.45, 7) is 3.32. The molecule has 0 saturated carbocycles. The van der Waals surface area contributed by atoms with E-state index in [-0.39, 0.29) is 5.56 Å². The van der Waals surface area contributed by atoms with Crippen LogP contribution >= 0.6 is 0 Å². The van der Waals surface area contributed by atoms with Crippen molar-refractivity contribution < 1.29 is 18.7 Å². The first-order valence-corrected chi connectivity index (χ1v) is 6.89. The van der Waals surface area contributed by atoms with Gasteiger partial charge in [-0.1, -0.05) is 18.2 Å². The van der Waals surface area contributed by atoms with Crippen LogP contribution in [0.15, 0.2) is 42.5 Å². The van der Waals surface area contributed by atoms with Gasteiger partial charge < -0.3 is 10.4 Å². The Kier molecular flexibility index (Phi) is 4.88. The van der Waals surface area contributed by atoms with E-state index in [2.05, 4.69) is 5.32 Å². The van der Waals surface area contributed by atoms with Crippen LogP contribution in [0, 0.1) is 18.6 Å². The molecule has 1 amide bonds. The Labute approximate surface area is 127 Å². The summed E-state index contributed by atoms with van der Waals surface area (Å²) in [7, 11) is 0. The van der Waals surface area contributed by atoms with Gasteiger partial charge in [0.2, 0.25) is 0 Å². The Hall–Kier alpha value is -2.27. The topological polar surface area (TPSA) is 49.3 Å². The highest BCUT2D eigenvalue weighted by Crippen LogP contribution is 2.18. The molecule has 0 aromatic heterocycles. The fraction of sp³-hybridized carbons (Fsp3) is 0.235. The van der Waals surface area contributed by atoms with Crippen LogP contribution in [0.25, 0.3) is 0 Å². The summed E-state index contributed by atoms with van der Waals surface area (Å²) in [4.78, 5) is 12.1. The minimum absolute atomic E-state index is 0.0799. The van der Waals surface area contributed by atoms with Crippen LogP contribution in [0.5, 0.6) is 0 Å². The summed E-state index contributed by atoms with van der Waals surface area (Å²) >= 11 is 0. The van der Waals surface area contributed by atoms with E-state index >= 15 is 0 Å². The molecule has 2 rings (SSSR count). The van der Waals surface area contributed by atoms with E-state index in [0.29, 0.717) is 11.1 Å². The predicted octanol–water partition coefficient (Wildman–Crippen LogP) is 3.13. The van der Waals surface area contributed by atoms with Gasteiger partial charge in [-0.15, -0.1) is 0 Å². The van der Waals surface area contributed by atoms with Gasteiger partial charge in [-0.05, 0) is 49.2 Å². The molecular formula is C17H17F2NO2. The Balaban J connectivity index is 2.08. The summed E-state index contributed by atoms with van der Waals surface area (Å²) in [5.41, 5.74) is 1.11. The molecule has 2 unspecified atom stereocenters. The third-order valence-corrected chi connectivity index (χ3v) is 3.41. The molecule has 2 aromatic rings. The highest BCUT2D eigenvalue weighted by atomic mass is 19.1. The van der Waals surface area contributed by atoms with E-state index in [4.69, 9.17) is 0 Å². The highest BCUT2D eigenvalue weighted by Gasteiger charge is 2.20. The number of halogens is 2. The first kappa shape index (κ1) is 16.1. The average Bonchev–Trinajstić information content (AvgIpc) is 2.47. The zero-order valence-corrected chi connectivity index (χ0v) is 12.3. The van der Waals surface area contributed by atoms with Crippen molar-refractivity contribution in [1.82, 2.24) is 5.32 Å². The molecule has 0 aliphatic carbocycles. The van der Waals surface area contributed by atoms with Crippen molar-refractivity contribution in [3.05, 3.63) is 70.8 Å². The van der Waals surface area contributed by atoms with Crippen LogP contribution in [0.2, 0.25) is 0 Å². The van der Waals surface area contributed by atoms with Crippen molar-refractivity contribution >= 4 is 5.91 Å². The lowest BCUT2D eigenvalue weighted by molar-refractivity contribution is 0.0848. The van der Waals surface area contributed by atoms with Gasteiger partial charge in [0, 0.05) is 0 Å². The Bertz CT molecular complexity index is 671. The van der Waals surface area contributed by atoms with Crippen LogP contribution in [-0.4, -0.2) is 17.1 Å². The zero-order chi connectivity index (χ0) is 16.3. The normalized spacial score (nSPS) is 13.5. The quantitative estimate of drug-likeness (QED) is 0.912. The molecule has 2 atom stereocenters. The predicted molar refractivity (Wildman–Crippen MR) is 79.4 cm³/mol. The van der Waals surface area contributed by atoms with E-state index in [0.717, 1.165) is 0 Å². The number of aliphatic hydroxyl groups excluding tert-OH is 1. The number of hydrogen-bond donors (Lipinski definition) is 2. The lowest BCUT2D eigenvalue weighted by Crippen LogP contribution is -2.37. The van der Waals surface area contributed by atoms with Crippen LogP contribution in [0.3, 0.4) is 0 Å². The van der Waals surface area contributed by atoms with Gasteiger partial charge in [-0.3, -0.25) is 4.79 Å². The molecule has 0 heterocycles. The van der Waals surface area contributed by atoms with Crippen molar-refractivity contribution in [1.29, 1.82) is 0 Å². The van der Waals surface area contributed by atoms with Crippen LogP contribution in [-0.2, 0) is 0 Å². The molecule has 116 valence electrons. The van der Waals surface area contributed by atoms with Gasteiger partial charge in [0.05, 0.1) is 17.7 Å². The highest BCUT2D eigenvalue weighted by molar-refractivity contribution is 5.94. The molecule has 0 bridgehead atoms. The van der Waals surface area contributed by atoms with E-state index in [1.807, 2.05) is 0 Å². The first-order valence-electron chi connectivity index (χ1n) is 6.89. The largest absolute Gasteiger partial charge is 0.386 e. The van der Waals surface area contributed by atoms with Crippen LogP contribution in [0.1, 0.15) is 34.5 Å². The number of nitrogens with one attached hydrogen (secondary N) is 1. The number of rotatable bonds is 4. The monoisotopic (exact) mass is 305 g/mol. The number of aryl methyl sites for hydroxylation is 1. The van der Waals surface area contributed by atoms with E-state index < -0.39 is 29.7 Å². The second-order valence-electron chi connectivity index (χ2n) is 5.24. The maximum Gasteiger partial charge on any atom is 0.254 e. The SMILES string of the molecule is Cc1ccc(C(=O)NC(C)C(O)c2ccc(F)cc2)c(F)c1. The molecule has 2 N–H and O–H groups in total. The molecule has 0 aliphatic heterocycles. The standard InChI is InChI=1S/C17H17F2NO2/c1-10-3-8-14(15(19)9-10)17(22)20-11(2)16(21)12-4-6-13(18)7-5-12/h3-9,11,16,21H,1-2H3,(H,20,22). The van der Waals surface area contributed by atoms with Crippen LogP contribution < -0.4 is 5.32 Å². The van der Waals surface area contributed by atoms with E-state index in [1.54, 1.807) is 19.9 Å². The fourth-order valence-corrected chi connectivity index (χ4v) is 2.12. The molecule has 0 saturated heterocycles. The zero-order valence-electron chi connectivity index (χ0n) is 12.3. The van der Waals surface area contributed by atoms with Crippen molar-refractivity contribution in [2.75, 3.05) is 0 Å². The second-order valence-corrected chi connectivity index (χ2v) is 5.24. The molecule has 3 nitrogen and oxygen atoms in total. The van der Waals surface area contributed by atoms with Gasteiger partial charge in [0.25, 0.3) is 5.91 Å². The van der Waals surface area contributed by atoms with Crippen molar-refractivity contribution in [2.24, 2.45) is 0 Å². The van der Waals surface area contributed by atoms with E-state index in [1.165, 1.54) is 36.4 Å². The molecule has 2 aromatic carbocycles. The Morgan fingerprint density at radius 1 is 1.14 bits per heavy atom. The number of carbonyl (C=O) groups excluding carboxylic acids is 1.